The molecule has 0 unspecified atom stereocenters. The molecule has 1 heterocycles. The molecule has 8 nitrogen and oxygen atoms in total. The Kier molecular flexibility index (Phi) is 6.35. The van der Waals surface area contributed by atoms with Gasteiger partial charge in [-0.05, 0) is 66.4 Å². The molecule has 0 spiro atoms. The van der Waals surface area contributed by atoms with E-state index in [0.29, 0.717) is 23.2 Å². The topological polar surface area (TPSA) is 108 Å². The molecule has 4 aromatic rings. The van der Waals surface area contributed by atoms with Crippen LogP contribution in [0.3, 0.4) is 0 Å². The number of rotatable bonds is 8. The van der Waals surface area contributed by atoms with Crippen molar-refractivity contribution in [3.63, 3.8) is 0 Å². The van der Waals surface area contributed by atoms with Crippen LogP contribution in [0.5, 0.6) is 5.75 Å². The Labute approximate surface area is 190 Å². The highest BCUT2D eigenvalue weighted by Crippen LogP contribution is 2.28. The van der Waals surface area contributed by atoms with Crippen molar-refractivity contribution >= 4 is 28.4 Å². The van der Waals surface area contributed by atoms with Gasteiger partial charge in [0, 0.05) is 23.4 Å². The number of amides is 1. The Balaban J connectivity index is 1.37. The largest absolute Gasteiger partial charge is 0.484 e. The number of hydrogen-bond donors (Lipinski definition) is 1. The van der Waals surface area contributed by atoms with Crippen LogP contribution in [-0.2, 0) is 4.79 Å². The summed E-state index contributed by atoms with van der Waals surface area (Å²) in [6.07, 6.45) is 1.06. The van der Waals surface area contributed by atoms with Gasteiger partial charge in [0.15, 0.2) is 12.2 Å². The molecule has 1 amide bonds. The third-order valence-electron chi connectivity index (χ3n) is 5.43. The van der Waals surface area contributed by atoms with Crippen LogP contribution < -0.4 is 10.1 Å². The van der Waals surface area contributed by atoms with Crippen LogP contribution in [0.2, 0.25) is 0 Å². The fourth-order valence-corrected chi connectivity index (χ4v) is 3.32. The summed E-state index contributed by atoms with van der Waals surface area (Å²) in [5, 5.41) is 13.4. The SMILES string of the molecule is CC[C@@H](C)c1ccc2oc(-c3ccc(NC(=O)COc4ccc([N+](=O)[O-])cc4)cc3)nc2c1. The molecule has 1 N–H and O–H groups in total. The number of carbonyl (C=O) groups is 1. The molecule has 0 saturated heterocycles. The third-order valence-corrected chi connectivity index (χ3v) is 5.43. The minimum absolute atomic E-state index is 0.0400. The number of nitro groups is 1. The number of fused-ring (bicyclic) bond motifs is 1. The lowest BCUT2D eigenvalue weighted by molar-refractivity contribution is -0.384. The zero-order valence-corrected chi connectivity index (χ0v) is 18.3. The molecular weight excluding hydrogens is 422 g/mol. The zero-order chi connectivity index (χ0) is 23.4. The second-order valence-corrected chi connectivity index (χ2v) is 7.72. The van der Waals surface area contributed by atoms with E-state index in [1.165, 1.54) is 29.8 Å². The average molecular weight is 445 g/mol. The van der Waals surface area contributed by atoms with Crippen LogP contribution in [0, 0.1) is 10.1 Å². The van der Waals surface area contributed by atoms with Crippen LogP contribution in [0.4, 0.5) is 11.4 Å². The fraction of sp³-hybridized carbons (Fsp3) is 0.200. The molecule has 0 aliphatic carbocycles. The Morgan fingerprint density at radius 1 is 1.12 bits per heavy atom. The molecule has 168 valence electrons. The number of hydrogen-bond acceptors (Lipinski definition) is 6. The summed E-state index contributed by atoms with van der Waals surface area (Å²) in [5.41, 5.74) is 4.16. The summed E-state index contributed by atoms with van der Waals surface area (Å²) in [7, 11) is 0. The Hall–Kier alpha value is -4.20. The number of oxazole rings is 1. The van der Waals surface area contributed by atoms with Crippen molar-refractivity contribution in [2.45, 2.75) is 26.2 Å². The molecule has 0 saturated carbocycles. The summed E-state index contributed by atoms with van der Waals surface area (Å²) < 4.78 is 11.3. The molecular formula is C25H23N3O5. The van der Waals surface area contributed by atoms with Crippen LogP contribution >= 0.6 is 0 Å². The number of ether oxygens (including phenoxy) is 1. The van der Waals surface area contributed by atoms with E-state index >= 15 is 0 Å². The molecule has 0 aliphatic rings. The molecule has 1 atom stereocenters. The van der Waals surface area contributed by atoms with E-state index in [9.17, 15) is 14.9 Å². The van der Waals surface area contributed by atoms with Gasteiger partial charge in [-0.1, -0.05) is 19.9 Å². The van der Waals surface area contributed by atoms with Crippen molar-refractivity contribution < 1.29 is 18.9 Å². The van der Waals surface area contributed by atoms with Crippen LogP contribution in [0.1, 0.15) is 31.7 Å². The first kappa shape index (κ1) is 22.0. The zero-order valence-electron chi connectivity index (χ0n) is 18.3. The van der Waals surface area contributed by atoms with Crippen LogP contribution in [0.25, 0.3) is 22.6 Å². The number of nitrogens with one attached hydrogen (secondary N) is 1. The monoisotopic (exact) mass is 445 g/mol. The minimum atomic E-state index is -0.495. The Morgan fingerprint density at radius 3 is 2.52 bits per heavy atom. The first-order valence-corrected chi connectivity index (χ1v) is 10.6. The standard InChI is InChI=1S/C25H23N3O5/c1-3-16(2)18-6-13-23-22(14-18)27-25(33-23)17-4-7-19(8-5-17)26-24(29)15-32-21-11-9-20(10-12-21)28(30)31/h4-14,16H,3,15H2,1-2H3,(H,26,29)/t16-/m1/s1. The Bertz CT molecular complexity index is 1280. The van der Waals surface area contributed by atoms with Gasteiger partial charge in [-0.3, -0.25) is 14.9 Å². The van der Waals surface area contributed by atoms with Crippen molar-refractivity contribution in [2.75, 3.05) is 11.9 Å². The van der Waals surface area contributed by atoms with Crippen LogP contribution in [-0.4, -0.2) is 22.4 Å². The van der Waals surface area contributed by atoms with Crippen molar-refractivity contribution in [3.05, 3.63) is 82.4 Å². The summed E-state index contributed by atoms with van der Waals surface area (Å²) >= 11 is 0. The van der Waals surface area contributed by atoms with Gasteiger partial charge in [0.1, 0.15) is 11.3 Å². The molecule has 0 radical (unpaired) electrons. The van der Waals surface area contributed by atoms with Crippen molar-refractivity contribution in [2.24, 2.45) is 0 Å². The maximum absolute atomic E-state index is 12.2. The maximum Gasteiger partial charge on any atom is 0.269 e. The average Bonchev–Trinajstić information content (AvgIpc) is 3.26. The van der Waals surface area contributed by atoms with Gasteiger partial charge in [0.2, 0.25) is 5.89 Å². The molecule has 3 aromatic carbocycles. The molecule has 0 bridgehead atoms. The Morgan fingerprint density at radius 2 is 1.85 bits per heavy atom. The number of anilines is 1. The normalized spacial score (nSPS) is 11.8. The third kappa shape index (κ3) is 5.17. The van der Waals surface area contributed by atoms with Gasteiger partial charge in [0.25, 0.3) is 11.6 Å². The van der Waals surface area contributed by atoms with Gasteiger partial charge in [0.05, 0.1) is 4.92 Å². The van der Waals surface area contributed by atoms with Gasteiger partial charge in [-0.25, -0.2) is 4.98 Å². The highest BCUT2D eigenvalue weighted by molar-refractivity contribution is 5.92. The van der Waals surface area contributed by atoms with E-state index in [1.807, 2.05) is 18.2 Å². The van der Waals surface area contributed by atoms with Gasteiger partial charge < -0.3 is 14.5 Å². The number of non-ortho nitro benzene ring substituents is 1. The molecule has 0 aliphatic heterocycles. The van der Waals surface area contributed by atoms with E-state index < -0.39 is 4.92 Å². The van der Waals surface area contributed by atoms with Gasteiger partial charge in [-0.2, -0.15) is 0 Å². The van der Waals surface area contributed by atoms with E-state index in [2.05, 4.69) is 36.3 Å². The van der Waals surface area contributed by atoms with E-state index in [1.54, 1.807) is 12.1 Å². The smallest absolute Gasteiger partial charge is 0.269 e. The van der Waals surface area contributed by atoms with Gasteiger partial charge in [-0.15, -0.1) is 0 Å². The first-order valence-electron chi connectivity index (χ1n) is 10.6. The lowest BCUT2D eigenvalue weighted by Gasteiger charge is -2.07. The highest BCUT2D eigenvalue weighted by Gasteiger charge is 2.12. The summed E-state index contributed by atoms with van der Waals surface area (Å²) in [6, 6.07) is 18.8. The maximum atomic E-state index is 12.2. The summed E-state index contributed by atoms with van der Waals surface area (Å²) in [6.45, 7) is 4.13. The number of nitrogens with zero attached hydrogens (tertiary/aromatic N) is 2. The second-order valence-electron chi connectivity index (χ2n) is 7.72. The van der Waals surface area contributed by atoms with Crippen molar-refractivity contribution in [3.8, 4) is 17.2 Å². The molecule has 33 heavy (non-hydrogen) atoms. The molecule has 4 rings (SSSR count). The fourth-order valence-electron chi connectivity index (χ4n) is 3.32. The summed E-state index contributed by atoms with van der Waals surface area (Å²) in [4.78, 5) is 27.0. The van der Waals surface area contributed by atoms with E-state index in [4.69, 9.17) is 9.15 Å². The summed E-state index contributed by atoms with van der Waals surface area (Å²) in [5.74, 6) is 1.01. The minimum Gasteiger partial charge on any atom is -0.484 e. The highest BCUT2D eigenvalue weighted by atomic mass is 16.6. The molecule has 1 aromatic heterocycles. The van der Waals surface area contributed by atoms with Crippen LogP contribution in [0.15, 0.2) is 71.1 Å². The molecule has 0 fully saturated rings. The quantitative estimate of drug-likeness (QED) is 0.266. The number of benzene rings is 3. The van der Waals surface area contributed by atoms with Crippen molar-refractivity contribution in [1.82, 2.24) is 4.98 Å². The predicted molar refractivity (Wildman–Crippen MR) is 125 cm³/mol. The predicted octanol–water partition coefficient (Wildman–Crippen LogP) is 5.93. The number of nitro benzene ring substituents is 1. The first-order chi connectivity index (χ1) is 15.9. The second kappa shape index (κ2) is 9.52. The number of aromatic nitrogens is 1. The van der Waals surface area contributed by atoms with Gasteiger partial charge >= 0.3 is 0 Å². The molecule has 8 heteroatoms. The number of carbonyl (C=O) groups excluding carboxylic acids is 1. The lowest BCUT2D eigenvalue weighted by atomic mass is 9.98. The van der Waals surface area contributed by atoms with E-state index in [0.717, 1.165) is 23.1 Å². The van der Waals surface area contributed by atoms with E-state index in [-0.39, 0.29) is 18.2 Å². The van der Waals surface area contributed by atoms with Crippen molar-refractivity contribution in [1.29, 1.82) is 0 Å². The lowest BCUT2D eigenvalue weighted by Crippen LogP contribution is -2.20.